The largest absolute Gasteiger partial charge is 0.310 e. The van der Waals surface area contributed by atoms with Crippen LogP contribution in [-0.4, -0.2) is 0 Å². The highest BCUT2D eigenvalue weighted by molar-refractivity contribution is 5.98. The minimum absolute atomic E-state index is 0.181. The first-order valence-corrected chi connectivity index (χ1v) is 16.6. The van der Waals surface area contributed by atoms with Gasteiger partial charge in [0, 0.05) is 23.0 Å². The van der Waals surface area contributed by atoms with Gasteiger partial charge in [0.15, 0.2) is 0 Å². The lowest BCUT2D eigenvalue weighted by atomic mass is 9.87. The average Bonchev–Trinajstić information content (AvgIpc) is 3.51. The first-order chi connectivity index (χ1) is 23.8. The molecule has 0 spiro atoms. The minimum atomic E-state index is 0.181. The molecule has 0 fully saturated rings. The van der Waals surface area contributed by atoms with Crippen LogP contribution in [0.15, 0.2) is 194 Å². The highest BCUT2D eigenvalue weighted by Crippen LogP contribution is 2.52. The number of hydrogen-bond donors (Lipinski definition) is 0. The lowest BCUT2D eigenvalue weighted by molar-refractivity contribution is 1.03. The van der Waals surface area contributed by atoms with Crippen molar-refractivity contribution in [2.75, 3.05) is 4.90 Å². The van der Waals surface area contributed by atoms with Crippen molar-refractivity contribution < 1.29 is 0 Å². The van der Waals surface area contributed by atoms with Crippen molar-refractivity contribution in [3.05, 3.63) is 211 Å². The van der Waals surface area contributed by atoms with Gasteiger partial charge in [0.25, 0.3) is 0 Å². The molecule has 1 heteroatoms. The van der Waals surface area contributed by atoms with Gasteiger partial charge in [0.1, 0.15) is 0 Å². The third-order valence-corrected chi connectivity index (χ3v) is 9.75. The second kappa shape index (κ2) is 11.9. The fraction of sp³-hybridized carbons (Fsp3) is 0.0213. The van der Waals surface area contributed by atoms with Crippen LogP contribution in [0, 0.1) is 0 Å². The van der Waals surface area contributed by atoms with Gasteiger partial charge in [0.05, 0.1) is 0 Å². The second-order valence-corrected chi connectivity index (χ2v) is 12.5. The van der Waals surface area contributed by atoms with Crippen molar-refractivity contribution >= 4 is 27.8 Å². The number of rotatable bonds is 6. The maximum absolute atomic E-state index is 2.40. The van der Waals surface area contributed by atoms with Gasteiger partial charge >= 0.3 is 0 Å². The van der Waals surface area contributed by atoms with Crippen molar-refractivity contribution in [3.63, 3.8) is 0 Å². The molecule has 0 radical (unpaired) electrons. The molecule has 0 aromatic heterocycles. The molecule has 0 saturated carbocycles. The molecule has 48 heavy (non-hydrogen) atoms. The van der Waals surface area contributed by atoms with Crippen LogP contribution in [0.25, 0.3) is 44.2 Å². The van der Waals surface area contributed by atoms with Gasteiger partial charge in [-0.25, -0.2) is 0 Å². The third kappa shape index (κ3) is 4.89. The van der Waals surface area contributed by atoms with Crippen molar-refractivity contribution in [2.24, 2.45) is 0 Å². The maximum atomic E-state index is 2.40. The molecular formula is C47H33N. The lowest BCUT2D eigenvalue weighted by Gasteiger charge is -2.27. The first kappa shape index (κ1) is 28.1. The fourth-order valence-electron chi connectivity index (χ4n) is 7.47. The van der Waals surface area contributed by atoms with E-state index in [4.69, 9.17) is 0 Å². The molecule has 1 aliphatic carbocycles. The van der Waals surface area contributed by atoms with E-state index in [0.717, 1.165) is 17.1 Å². The third-order valence-electron chi connectivity index (χ3n) is 9.75. The Morgan fingerprint density at radius 3 is 1.46 bits per heavy atom. The van der Waals surface area contributed by atoms with Crippen LogP contribution in [0.1, 0.15) is 22.6 Å². The van der Waals surface area contributed by atoms with Crippen molar-refractivity contribution in [1.29, 1.82) is 0 Å². The fourth-order valence-corrected chi connectivity index (χ4v) is 7.47. The van der Waals surface area contributed by atoms with E-state index < -0.39 is 0 Å². The highest BCUT2D eigenvalue weighted by atomic mass is 15.1. The van der Waals surface area contributed by atoms with Crippen LogP contribution in [0.2, 0.25) is 0 Å². The molecule has 226 valence electrons. The Hall–Kier alpha value is -6.18. The Bertz CT molecular complexity index is 2280. The zero-order chi connectivity index (χ0) is 31.9. The van der Waals surface area contributed by atoms with Crippen molar-refractivity contribution in [1.82, 2.24) is 0 Å². The van der Waals surface area contributed by atoms with Gasteiger partial charge in [-0.2, -0.15) is 0 Å². The van der Waals surface area contributed by atoms with E-state index in [1.54, 1.807) is 0 Å². The molecule has 0 bridgehead atoms. The summed E-state index contributed by atoms with van der Waals surface area (Å²) in [4.78, 5) is 2.39. The zero-order valence-electron chi connectivity index (χ0n) is 26.5. The average molecular weight is 612 g/mol. The summed E-state index contributed by atoms with van der Waals surface area (Å²) in [6, 6.07) is 70.6. The number of nitrogens with zero attached hydrogens (tertiary/aromatic N) is 1. The summed E-state index contributed by atoms with van der Waals surface area (Å²) >= 11 is 0. The Morgan fingerprint density at radius 1 is 0.354 bits per heavy atom. The van der Waals surface area contributed by atoms with Gasteiger partial charge in [-0.1, -0.05) is 158 Å². The quantitative estimate of drug-likeness (QED) is 0.181. The van der Waals surface area contributed by atoms with Gasteiger partial charge in [0.2, 0.25) is 0 Å². The molecular weight excluding hydrogens is 579 g/mol. The van der Waals surface area contributed by atoms with Gasteiger partial charge in [-0.05, 0) is 97.2 Å². The number of fused-ring (bicyclic) bond motifs is 5. The van der Waals surface area contributed by atoms with E-state index in [1.165, 1.54) is 60.8 Å². The summed E-state index contributed by atoms with van der Waals surface area (Å²) in [5, 5.41) is 2.61. The van der Waals surface area contributed by atoms with Crippen LogP contribution >= 0.6 is 0 Å². The molecule has 1 atom stereocenters. The monoisotopic (exact) mass is 611 g/mol. The second-order valence-electron chi connectivity index (χ2n) is 12.5. The summed E-state index contributed by atoms with van der Waals surface area (Å²) in [6.45, 7) is 0. The molecule has 9 rings (SSSR count). The summed E-state index contributed by atoms with van der Waals surface area (Å²) < 4.78 is 0. The minimum Gasteiger partial charge on any atom is -0.310 e. The van der Waals surface area contributed by atoms with Crippen molar-refractivity contribution in [3.8, 4) is 33.4 Å². The molecule has 1 aliphatic rings. The maximum Gasteiger partial charge on any atom is 0.0468 e. The van der Waals surface area contributed by atoms with Crippen LogP contribution < -0.4 is 4.90 Å². The molecule has 1 nitrogen and oxygen atoms in total. The van der Waals surface area contributed by atoms with E-state index in [9.17, 15) is 0 Å². The number of benzene rings is 8. The Morgan fingerprint density at radius 2 is 0.854 bits per heavy atom. The summed E-state index contributed by atoms with van der Waals surface area (Å²) in [6.07, 6.45) is 0. The van der Waals surface area contributed by atoms with Crippen LogP contribution in [0.5, 0.6) is 0 Å². The molecule has 8 aromatic rings. The van der Waals surface area contributed by atoms with E-state index in [-0.39, 0.29) is 5.92 Å². The van der Waals surface area contributed by atoms with E-state index >= 15 is 0 Å². The molecule has 8 aromatic carbocycles. The SMILES string of the molecule is c1ccc(-c2ccc(N(c3ccc(-c4ccccc4)cc3)c3ccc4c(c3)-c3ccc5ccccc5c3C4c3ccccc3)cc2)cc1. The topological polar surface area (TPSA) is 3.24 Å². The number of anilines is 3. The summed E-state index contributed by atoms with van der Waals surface area (Å²) in [5.41, 5.74) is 14.9. The smallest absolute Gasteiger partial charge is 0.0468 e. The lowest BCUT2D eigenvalue weighted by Crippen LogP contribution is -2.10. The summed E-state index contributed by atoms with van der Waals surface area (Å²) in [7, 11) is 0. The predicted molar refractivity (Wildman–Crippen MR) is 202 cm³/mol. The molecule has 0 N–H and O–H groups in total. The Balaban J connectivity index is 1.20. The molecule has 1 unspecified atom stereocenters. The van der Waals surface area contributed by atoms with Gasteiger partial charge in [-0.3, -0.25) is 0 Å². The van der Waals surface area contributed by atoms with Gasteiger partial charge in [-0.15, -0.1) is 0 Å². The molecule has 0 saturated heterocycles. The van der Waals surface area contributed by atoms with E-state index in [2.05, 4.69) is 199 Å². The summed E-state index contributed by atoms with van der Waals surface area (Å²) in [5.74, 6) is 0.181. The zero-order valence-corrected chi connectivity index (χ0v) is 26.5. The highest BCUT2D eigenvalue weighted by Gasteiger charge is 2.32. The van der Waals surface area contributed by atoms with E-state index in [0.29, 0.717) is 0 Å². The van der Waals surface area contributed by atoms with Gasteiger partial charge < -0.3 is 4.90 Å². The predicted octanol–water partition coefficient (Wildman–Crippen LogP) is 12.8. The molecule has 0 aliphatic heterocycles. The Kier molecular flexibility index (Phi) is 6.95. The number of hydrogen-bond acceptors (Lipinski definition) is 1. The van der Waals surface area contributed by atoms with Crippen LogP contribution in [0.4, 0.5) is 17.1 Å². The van der Waals surface area contributed by atoms with Crippen molar-refractivity contribution in [2.45, 2.75) is 5.92 Å². The van der Waals surface area contributed by atoms with E-state index in [1.807, 2.05) is 0 Å². The molecule has 0 heterocycles. The standard InChI is InChI=1S/C47H33N/c1-4-12-33(13-5-1)35-20-25-39(26-21-35)48(40-27-22-36(23-28-40)34-14-6-2-7-15-34)41-29-31-43-45(32-41)44-30-24-37-16-10-11-19-42(37)47(44)46(43)38-17-8-3-9-18-38/h1-32,46H. The molecule has 0 amide bonds. The first-order valence-electron chi connectivity index (χ1n) is 16.6. The van der Waals surface area contributed by atoms with Crippen LogP contribution in [-0.2, 0) is 0 Å². The van der Waals surface area contributed by atoms with Crippen LogP contribution in [0.3, 0.4) is 0 Å². The normalized spacial score (nSPS) is 13.2. The Labute approximate surface area is 282 Å².